The lowest BCUT2D eigenvalue weighted by Crippen LogP contribution is -2.17. The number of carbonyl (C=O) groups excluding carboxylic acids is 1. The van der Waals surface area contributed by atoms with E-state index >= 15 is 0 Å². The molecule has 98 valence electrons. The predicted molar refractivity (Wildman–Crippen MR) is 67.3 cm³/mol. The van der Waals surface area contributed by atoms with Crippen LogP contribution >= 0.6 is 0 Å². The second-order valence-corrected chi connectivity index (χ2v) is 6.02. The van der Waals surface area contributed by atoms with Gasteiger partial charge in [-0.05, 0) is 37.5 Å². The molecule has 0 aliphatic heterocycles. The summed E-state index contributed by atoms with van der Waals surface area (Å²) in [6, 6.07) is 0. The highest BCUT2D eigenvalue weighted by Crippen LogP contribution is 2.70. The van der Waals surface area contributed by atoms with Crippen LogP contribution in [0.25, 0.3) is 0 Å². The molecule has 3 rings (SSSR count). The van der Waals surface area contributed by atoms with Gasteiger partial charge in [0, 0.05) is 11.3 Å². The Bertz CT molecular complexity index is 516. The Morgan fingerprint density at radius 3 is 2.94 bits per heavy atom. The maximum Gasteiger partial charge on any atom is 0.327 e. The summed E-state index contributed by atoms with van der Waals surface area (Å²) in [6.07, 6.45) is 1.06. The minimum atomic E-state index is -0.192. The van der Waals surface area contributed by atoms with Crippen molar-refractivity contribution in [3.63, 3.8) is 0 Å². The summed E-state index contributed by atoms with van der Waals surface area (Å²) in [5.74, 6) is 1.21. The maximum atomic E-state index is 11.6. The fourth-order valence-electron chi connectivity index (χ4n) is 3.63. The van der Waals surface area contributed by atoms with Crippen molar-refractivity contribution in [3.05, 3.63) is 17.0 Å². The lowest BCUT2D eigenvalue weighted by atomic mass is 9.98. The Kier molecular flexibility index (Phi) is 2.34. The van der Waals surface area contributed by atoms with Gasteiger partial charge in [-0.3, -0.25) is 9.48 Å². The van der Waals surface area contributed by atoms with Gasteiger partial charge >= 0.3 is 5.97 Å². The van der Waals surface area contributed by atoms with Gasteiger partial charge in [0.2, 0.25) is 0 Å². The Balaban J connectivity index is 1.86. The quantitative estimate of drug-likeness (QED) is 0.769. The van der Waals surface area contributed by atoms with Gasteiger partial charge in [-0.2, -0.15) is 5.10 Å². The average Bonchev–Trinajstić information content (AvgIpc) is 2.67. The number of hydrogen-bond acceptors (Lipinski definition) is 3. The van der Waals surface area contributed by atoms with Crippen LogP contribution in [-0.4, -0.2) is 22.4 Å². The lowest BCUT2D eigenvalue weighted by molar-refractivity contribution is -0.144. The number of ether oxygens (including phenoxy) is 1. The number of fused-ring (bicyclic) bond motifs is 3. The van der Waals surface area contributed by atoms with Crippen LogP contribution in [0.3, 0.4) is 0 Å². The largest absolute Gasteiger partial charge is 0.465 e. The van der Waals surface area contributed by atoms with E-state index in [-0.39, 0.29) is 12.5 Å². The van der Waals surface area contributed by atoms with E-state index in [1.54, 1.807) is 0 Å². The van der Waals surface area contributed by atoms with Crippen molar-refractivity contribution in [1.82, 2.24) is 9.78 Å². The van der Waals surface area contributed by atoms with E-state index in [2.05, 4.69) is 25.9 Å². The highest BCUT2D eigenvalue weighted by atomic mass is 16.5. The number of carbonyl (C=O) groups is 1. The normalized spacial score (nSPS) is 26.7. The van der Waals surface area contributed by atoms with E-state index in [1.807, 2.05) is 11.6 Å². The van der Waals surface area contributed by atoms with E-state index in [1.165, 1.54) is 11.3 Å². The van der Waals surface area contributed by atoms with Crippen molar-refractivity contribution in [2.75, 3.05) is 6.61 Å². The van der Waals surface area contributed by atoms with Crippen molar-refractivity contribution in [1.29, 1.82) is 0 Å². The summed E-state index contributed by atoms with van der Waals surface area (Å²) < 4.78 is 6.85. The molecule has 0 spiro atoms. The summed E-state index contributed by atoms with van der Waals surface area (Å²) in [6.45, 7) is 9.22. The lowest BCUT2D eigenvalue weighted by Gasteiger charge is -2.10. The summed E-state index contributed by atoms with van der Waals surface area (Å²) in [5.41, 5.74) is 4.17. The molecule has 1 heterocycles. The monoisotopic (exact) mass is 248 g/mol. The first-order valence-electron chi connectivity index (χ1n) is 6.68. The molecule has 0 radical (unpaired) electrons. The Hall–Kier alpha value is -1.32. The molecule has 18 heavy (non-hydrogen) atoms. The topological polar surface area (TPSA) is 44.1 Å². The van der Waals surface area contributed by atoms with Crippen LogP contribution < -0.4 is 0 Å². The smallest absolute Gasteiger partial charge is 0.327 e. The van der Waals surface area contributed by atoms with Gasteiger partial charge in [0.1, 0.15) is 6.54 Å². The Morgan fingerprint density at radius 1 is 1.56 bits per heavy atom. The van der Waals surface area contributed by atoms with Crippen LogP contribution in [-0.2, 0) is 22.5 Å². The molecule has 0 aromatic carbocycles. The number of hydrogen-bond donors (Lipinski definition) is 0. The molecule has 1 saturated carbocycles. The molecule has 1 aromatic rings. The van der Waals surface area contributed by atoms with Gasteiger partial charge in [0.15, 0.2) is 0 Å². The molecular formula is C14H20N2O2. The number of aryl methyl sites for hydroxylation is 1. The van der Waals surface area contributed by atoms with E-state index in [0.29, 0.717) is 17.9 Å². The van der Waals surface area contributed by atoms with Gasteiger partial charge in [-0.15, -0.1) is 0 Å². The molecule has 1 fully saturated rings. The zero-order valence-electron chi connectivity index (χ0n) is 11.5. The Labute approximate surface area is 107 Å². The zero-order valence-corrected chi connectivity index (χ0v) is 11.5. The van der Waals surface area contributed by atoms with Crippen molar-refractivity contribution in [2.24, 2.45) is 11.3 Å². The van der Waals surface area contributed by atoms with E-state index < -0.39 is 0 Å². The molecule has 0 unspecified atom stereocenters. The molecule has 2 aliphatic carbocycles. The minimum Gasteiger partial charge on any atom is -0.465 e. The fraction of sp³-hybridized carbons (Fsp3) is 0.714. The number of rotatable bonds is 3. The second-order valence-electron chi connectivity index (χ2n) is 6.02. The predicted octanol–water partition coefficient (Wildman–Crippen LogP) is 2.05. The third-order valence-electron chi connectivity index (χ3n) is 4.64. The second kappa shape index (κ2) is 3.59. The fourth-order valence-corrected chi connectivity index (χ4v) is 3.63. The van der Waals surface area contributed by atoms with Crippen LogP contribution in [0.1, 0.15) is 43.6 Å². The third-order valence-corrected chi connectivity index (χ3v) is 4.64. The molecule has 1 aromatic heterocycles. The molecule has 0 bridgehead atoms. The molecule has 0 saturated heterocycles. The number of nitrogens with zero attached hydrogens (tertiary/aromatic N) is 2. The first-order valence-corrected chi connectivity index (χ1v) is 6.68. The molecule has 4 heteroatoms. The molecule has 4 nitrogen and oxygen atoms in total. The Morgan fingerprint density at radius 2 is 2.28 bits per heavy atom. The SMILES string of the molecule is CCOC(=O)Cn1nc(C)c2c1C[C@H]1[C@H]2C1(C)C. The van der Waals surface area contributed by atoms with E-state index in [0.717, 1.165) is 18.0 Å². The number of esters is 1. The van der Waals surface area contributed by atoms with Crippen LogP contribution in [0.5, 0.6) is 0 Å². The average molecular weight is 248 g/mol. The molecule has 2 atom stereocenters. The standard InChI is InChI=1S/C14H20N2O2/c1-5-18-11(17)7-16-10-6-9-13(14(9,3)4)12(10)8(2)15-16/h9,13H,5-7H2,1-4H3/t9-,13+/m0/s1. The first kappa shape index (κ1) is 11.8. The van der Waals surface area contributed by atoms with Crippen molar-refractivity contribution < 1.29 is 9.53 Å². The van der Waals surface area contributed by atoms with Crippen molar-refractivity contribution in [3.8, 4) is 0 Å². The van der Waals surface area contributed by atoms with E-state index in [9.17, 15) is 4.79 Å². The van der Waals surface area contributed by atoms with Gasteiger partial charge in [0.05, 0.1) is 12.3 Å². The van der Waals surface area contributed by atoms with Crippen LogP contribution in [0.4, 0.5) is 0 Å². The van der Waals surface area contributed by atoms with Crippen LogP contribution in [0, 0.1) is 18.3 Å². The van der Waals surface area contributed by atoms with Gasteiger partial charge in [-0.1, -0.05) is 13.8 Å². The first-order chi connectivity index (χ1) is 8.46. The third kappa shape index (κ3) is 1.44. The molecule has 0 amide bonds. The molecular weight excluding hydrogens is 228 g/mol. The van der Waals surface area contributed by atoms with Crippen molar-refractivity contribution >= 4 is 5.97 Å². The zero-order chi connectivity index (χ0) is 13.1. The van der Waals surface area contributed by atoms with E-state index in [4.69, 9.17) is 4.74 Å². The van der Waals surface area contributed by atoms with Gasteiger partial charge in [-0.25, -0.2) is 0 Å². The van der Waals surface area contributed by atoms with Crippen LogP contribution in [0.2, 0.25) is 0 Å². The maximum absolute atomic E-state index is 11.6. The van der Waals surface area contributed by atoms with Gasteiger partial charge in [0.25, 0.3) is 0 Å². The highest BCUT2D eigenvalue weighted by molar-refractivity contribution is 5.69. The summed E-state index contributed by atoms with van der Waals surface area (Å²) >= 11 is 0. The van der Waals surface area contributed by atoms with Gasteiger partial charge < -0.3 is 4.74 Å². The summed E-state index contributed by atoms with van der Waals surface area (Å²) in [5, 5.41) is 4.51. The van der Waals surface area contributed by atoms with Crippen LogP contribution in [0.15, 0.2) is 0 Å². The van der Waals surface area contributed by atoms with Crippen molar-refractivity contribution in [2.45, 2.75) is 46.6 Å². The molecule has 2 aliphatic rings. The summed E-state index contributed by atoms with van der Waals surface area (Å²) in [4.78, 5) is 11.6. The number of aromatic nitrogens is 2. The summed E-state index contributed by atoms with van der Waals surface area (Å²) in [7, 11) is 0. The molecule has 0 N–H and O–H groups in total. The highest BCUT2D eigenvalue weighted by Gasteiger charge is 2.63. The minimum absolute atomic E-state index is 0.192.